The lowest BCUT2D eigenvalue weighted by Crippen LogP contribution is -2.59. The maximum absolute atomic E-state index is 12.0. The van der Waals surface area contributed by atoms with Crippen LogP contribution in [0.5, 0.6) is 0 Å². The van der Waals surface area contributed by atoms with Crippen LogP contribution in [0.4, 0.5) is 0 Å². The molecular weight excluding hydrogens is 218 g/mol. The fourth-order valence-electron chi connectivity index (χ4n) is 3.26. The number of hydrogen-bond acceptors (Lipinski definition) is 3. The Morgan fingerprint density at radius 2 is 2.06 bits per heavy atom. The number of hydrogen-bond donors (Lipinski definition) is 1. The molecule has 0 aromatic carbocycles. The molecule has 0 radical (unpaired) electrons. The van der Waals surface area contributed by atoms with E-state index in [1.807, 2.05) is 0 Å². The third-order valence-electron chi connectivity index (χ3n) is 4.14. The lowest BCUT2D eigenvalue weighted by molar-refractivity contribution is -0.160. The number of nitrogens with one attached hydrogen (secondary N) is 1. The highest BCUT2D eigenvalue weighted by molar-refractivity contribution is 5.99. The monoisotopic (exact) mass is 239 g/mol. The van der Waals surface area contributed by atoms with E-state index in [9.17, 15) is 9.59 Å². The number of methoxy groups -OCH3 is 1. The molecule has 1 spiro atoms. The number of piperidine rings is 1. The van der Waals surface area contributed by atoms with Crippen molar-refractivity contribution in [2.45, 2.75) is 45.6 Å². The van der Waals surface area contributed by atoms with E-state index in [2.05, 4.69) is 19.2 Å². The first-order valence-corrected chi connectivity index (χ1v) is 6.33. The van der Waals surface area contributed by atoms with Crippen molar-refractivity contribution in [3.63, 3.8) is 0 Å². The molecule has 96 valence electrons. The van der Waals surface area contributed by atoms with E-state index >= 15 is 0 Å². The first-order chi connectivity index (χ1) is 7.97. The Morgan fingerprint density at radius 1 is 1.41 bits per heavy atom. The molecule has 1 aliphatic heterocycles. The average molecular weight is 239 g/mol. The summed E-state index contributed by atoms with van der Waals surface area (Å²) in [7, 11) is 1.69. The first kappa shape index (κ1) is 12.6. The van der Waals surface area contributed by atoms with Gasteiger partial charge in [-0.15, -0.1) is 0 Å². The standard InChI is InChI=1S/C13H21NO3/c1-8(2)4-10-12(16)14-11(15)7-13(10)5-9(6-13)17-3/h8-10H,4-7H2,1-3H3,(H,14,15,16). The molecule has 17 heavy (non-hydrogen) atoms. The normalized spacial score (nSPS) is 37.2. The Bertz CT molecular complexity index is 332. The fraction of sp³-hybridized carbons (Fsp3) is 0.846. The summed E-state index contributed by atoms with van der Waals surface area (Å²) in [6.07, 6.45) is 3.26. The van der Waals surface area contributed by atoms with Crippen LogP contribution in [0.1, 0.15) is 39.5 Å². The van der Waals surface area contributed by atoms with Crippen LogP contribution in [-0.4, -0.2) is 25.0 Å². The molecule has 1 saturated heterocycles. The number of imide groups is 1. The molecule has 4 heteroatoms. The molecule has 1 N–H and O–H groups in total. The summed E-state index contributed by atoms with van der Waals surface area (Å²) in [6.45, 7) is 4.23. The highest BCUT2D eigenvalue weighted by atomic mass is 16.5. The molecule has 0 bridgehead atoms. The second kappa shape index (κ2) is 4.41. The molecule has 2 aliphatic rings. The Balaban J connectivity index is 2.14. The topological polar surface area (TPSA) is 55.4 Å². The first-order valence-electron chi connectivity index (χ1n) is 6.33. The number of ether oxygens (including phenoxy) is 1. The average Bonchev–Trinajstić information content (AvgIpc) is 2.17. The number of amides is 2. The molecule has 1 heterocycles. The molecule has 0 aromatic heterocycles. The molecule has 0 aromatic rings. The summed E-state index contributed by atoms with van der Waals surface area (Å²) >= 11 is 0. The van der Waals surface area contributed by atoms with Gasteiger partial charge in [0.05, 0.1) is 6.10 Å². The van der Waals surface area contributed by atoms with Crippen LogP contribution < -0.4 is 5.32 Å². The third kappa shape index (κ3) is 2.23. The van der Waals surface area contributed by atoms with Crippen molar-refractivity contribution < 1.29 is 14.3 Å². The van der Waals surface area contributed by atoms with Crippen LogP contribution in [0.2, 0.25) is 0 Å². The summed E-state index contributed by atoms with van der Waals surface area (Å²) in [5.74, 6) is 0.248. The van der Waals surface area contributed by atoms with E-state index in [0.29, 0.717) is 12.3 Å². The summed E-state index contributed by atoms with van der Waals surface area (Å²) in [4.78, 5) is 23.5. The van der Waals surface area contributed by atoms with Crippen molar-refractivity contribution in [2.75, 3.05) is 7.11 Å². The molecule has 1 aliphatic carbocycles. The smallest absolute Gasteiger partial charge is 0.230 e. The molecule has 2 fully saturated rings. The highest BCUT2D eigenvalue weighted by Gasteiger charge is 2.55. The van der Waals surface area contributed by atoms with Gasteiger partial charge in [-0.3, -0.25) is 14.9 Å². The van der Waals surface area contributed by atoms with Gasteiger partial charge in [0, 0.05) is 19.4 Å². The summed E-state index contributed by atoms with van der Waals surface area (Å²) < 4.78 is 5.29. The molecular formula is C13H21NO3. The summed E-state index contributed by atoms with van der Waals surface area (Å²) in [5.41, 5.74) is -0.121. The van der Waals surface area contributed by atoms with E-state index < -0.39 is 0 Å². The predicted molar refractivity (Wildman–Crippen MR) is 63.2 cm³/mol. The number of rotatable bonds is 3. The van der Waals surface area contributed by atoms with Gasteiger partial charge in [0.25, 0.3) is 0 Å². The van der Waals surface area contributed by atoms with Crippen molar-refractivity contribution in [3.05, 3.63) is 0 Å². The maximum atomic E-state index is 12.0. The van der Waals surface area contributed by atoms with Gasteiger partial charge in [0.2, 0.25) is 11.8 Å². The van der Waals surface area contributed by atoms with Crippen LogP contribution in [0.25, 0.3) is 0 Å². The van der Waals surface area contributed by atoms with E-state index in [0.717, 1.165) is 19.3 Å². The lowest BCUT2D eigenvalue weighted by Gasteiger charge is -2.53. The SMILES string of the molecule is COC1CC2(CC(=O)NC(=O)C2CC(C)C)C1. The van der Waals surface area contributed by atoms with E-state index in [4.69, 9.17) is 4.74 Å². The summed E-state index contributed by atoms with van der Waals surface area (Å²) in [6, 6.07) is 0. The van der Waals surface area contributed by atoms with Gasteiger partial charge < -0.3 is 4.74 Å². The van der Waals surface area contributed by atoms with Gasteiger partial charge in [-0.1, -0.05) is 13.8 Å². The van der Waals surface area contributed by atoms with Crippen molar-refractivity contribution in [2.24, 2.45) is 17.3 Å². The van der Waals surface area contributed by atoms with Crippen molar-refractivity contribution >= 4 is 11.8 Å². The minimum absolute atomic E-state index is 0.0217. The van der Waals surface area contributed by atoms with Gasteiger partial charge in [-0.2, -0.15) is 0 Å². The number of carbonyl (C=O) groups is 2. The van der Waals surface area contributed by atoms with Crippen LogP contribution in [0.3, 0.4) is 0 Å². The fourth-order valence-corrected chi connectivity index (χ4v) is 3.26. The Morgan fingerprint density at radius 3 is 2.59 bits per heavy atom. The molecule has 2 rings (SSSR count). The predicted octanol–water partition coefficient (Wildman–Crippen LogP) is 1.49. The van der Waals surface area contributed by atoms with Crippen LogP contribution >= 0.6 is 0 Å². The summed E-state index contributed by atoms with van der Waals surface area (Å²) in [5, 5.41) is 2.47. The van der Waals surface area contributed by atoms with Gasteiger partial charge in [0.15, 0.2) is 0 Å². The van der Waals surface area contributed by atoms with Gasteiger partial charge in [0.1, 0.15) is 0 Å². The lowest BCUT2D eigenvalue weighted by atomic mass is 9.54. The van der Waals surface area contributed by atoms with Gasteiger partial charge >= 0.3 is 0 Å². The van der Waals surface area contributed by atoms with Crippen LogP contribution in [-0.2, 0) is 14.3 Å². The molecule has 1 saturated carbocycles. The molecule has 1 atom stereocenters. The quantitative estimate of drug-likeness (QED) is 0.759. The van der Waals surface area contributed by atoms with Gasteiger partial charge in [-0.25, -0.2) is 0 Å². The second-order valence-electron chi connectivity index (χ2n) is 5.90. The molecule has 4 nitrogen and oxygen atoms in total. The molecule has 1 unspecified atom stereocenters. The zero-order valence-electron chi connectivity index (χ0n) is 10.8. The Kier molecular flexibility index (Phi) is 3.25. The van der Waals surface area contributed by atoms with Crippen molar-refractivity contribution in [1.82, 2.24) is 5.32 Å². The third-order valence-corrected chi connectivity index (χ3v) is 4.14. The minimum atomic E-state index is -0.121. The van der Waals surface area contributed by atoms with E-state index in [1.165, 1.54) is 0 Å². The Labute approximate surface area is 102 Å². The largest absolute Gasteiger partial charge is 0.381 e. The van der Waals surface area contributed by atoms with Crippen LogP contribution in [0, 0.1) is 17.3 Å². The van der Waals surface area contributed by atoms with Crippen LogP contribution in [0.15, 0.2) is 0 Å². The maximum Gasteiger partial charge on any atom is 0.230 e. The van der Waals surface area contributed by atoms with Crippen molar-refractivity contribution in [3.8, 4) is 0 Å². The molecule has 2 amide bonds. The Hall–Kier alpha value is -0.900. The highest BCUT2D eigenvalue weighted by Crippen LogP contribution is 2.54. The zero-order chi connectivity index (χ0) is 12.6. The van der Waals surface area contributed by atoms with E-state index in [-0.39, 0.29) is 29.3 Å². The van der Waals surface area contributed by atoms with E-state index in [1.54, 1.807) is 7.11 Å². The van der Waals surface area contributed by atoms with Gasteiger partial charge in [-0.05, 0) is 30.6 Å². The minimum Gasteiger partial charge on any atom is -0.381 e. The second-order valence-corrected chi connectivity index (χ2v) is 5.90. The number of carbonyl (C=O) groups excluding carboxylic acids is 2. The zero-order valence-corrected chi connectivity index (χ0v) is 10.8. The van der Waals surface area contributed by atoms with Crippen molar-refractivity contribution in [1.29, 1.82) is 0 Å².